The predicted octanol–water partition coefficient (Wildman–Crippen LogP) is 5.82. The minimum absolute atomic E-state index is 0.0542. The third-order valence-corrected chi connectivity index (χ3v) is 6.98. The maximum Gasteiger partial charge on any atom is 0.426 e. The fourth-order valence-electron chi connectivity index (χ4n) is 4.93. The minimum atomic E-state index is -0.778. The van der Waals surface area contributed by atoms with Gasteiger partial charge in [-0.1, -0.05) is 109 Å². The quantitative estimate of drug-likeness (QED) is 0.285. The molecule has 0 aromatic heterocycles. The van der Waals surface area contributed by atoms with Gasteiger partial charge in [0.2, 0.25) is 5.91 Å². The molecule has 1 fully saturated rings. The molecule has 0 saturated carbocycles. The molecule has 1 aliphatic rings. The van der Waals surface area contributed by atoms with Crippen LogP contribution in [0, 0.1) is 0 Å². The lowest BCUT2D eigenvalue weighted by molar-refractivity contribution is -0.125. The first-order valence-corrected chi connectivity index (χ1v) is 13.6. The standard InChI is InChI=1S/C33H32N4O4/c38-31(34-30(26-16-7-2-8-17-26)27-18-9-3-10-19-27)29-22-13-23-36(29)33(40)37(28-20-11-4-12-21-28)35-32(39)41-24-25-14-5-1-6-15-25/h1-12,14-21,29-30H,13,22-24H2,(H,34,38)(H,35,39)/t29-/m0/s1. The number of nitrogens with one attached hydrogen (secondary N) is 2. The second-order valence-corrected chi connectivity index (χ2v) is 9.74. The van der Waals surface area contributed by atoms with Crippen LogP contribution in [0.3, 0.4) is 0 Å². The van der Waals surface area contributed by atoms with Gasteiger partial charge in [-0.05, 0) is 41.7 Å². The fraction of sp³-hybridized carbons (Fsp3) is 0.182. The highest BCUT2D eigenvalue weighted by atomic mass is 16.6. The molecule has 0 bridgehead atoms. The number of rotatable bonds is 7. The molecular weight excluding hydrogens is 516 g/mol. The summed E-state index contributed by atoms with van der Waals surface area (Å²) >= 11 is 0. The van der Waals surface area contributed by atoms with Gasteiger partial charge in [-0.2, -0.15) is 5.01 Å². The van der Waals surface area contributed by atoms with Gasteiger partial charge < -0.3 is 15.0 Å². The van der Waals surface area contributed by atoms with E-state index < -0.39 is 18.2 Å². The van der Waals surface area contributed by atoms with Gasteiger partial charge in [-0.25, -0.2) is 15.0 Å². The zero-order valence-corrected chi connectivity index (χ0v) is 22.6. The summed E-state index contributed by atoms with van der Waals surface area (Å²) in [7, 11) is 0. The third kappa shape index (κ3) is 6.91. The molecule has 0 radical (unpaired) electrons. The van der Waals surface area contributed by atoms with Crippen molar-refractivity contribution >= 4 is 23.7 Å². The van der Waals surface area contributed by atoms with Crippen molar-refractivity contribution in [1.82, 2.24) is 15.6 Å². The average Bonchev–Trinajstić information content (AvgIpc) is 3.53. The normalized spacial score (nSPS) is 14.4. The molecule has 0 aliphatic carbocycles. The van der Waals surface area contributed by atoms with Crippen molar-refractivity contribution in [1.29, 1.82) is 0 Å². The molecule has 1 atom stereocenters. The Morgan fingerprint density at radius 1 is 0.780 bits per heavy atom. The molecule has 41 heavy (non-hydrogen) atoms. The van der Waals surface area contributed by atoms with Crippen molar-refractivity contribution in [3.8, 4) is 0 Å². The average molecular weight is 549 g/mol. The Morgan fingerprint density at radius 2 is 1.32 bits per heavy atom. The second-order valence-electron chi connectivity index (χ2n) is 9.74. The van der Waals surface area contributed by atoms with Crippen LogP contribution < -0.4 is 15.8 Å². The van der Waals surface area contributed by atoms with Crippen molar-refractivity contribution in [2.45, 2.75) is 31.5 Å². The minimum Gasteiger partial charge on any atom is -0.443 e. The van der Waals surface area contributed by atoms with Crippen LogP contribution >= 0.6 is 0 Å². The predicted molar refractivity (Wildman–Crippen MR) is 157 cm³/mol. The van der Waals surface area contributed by atoms with Crippen LogP contribution in [0.1, 0.15) is 35.6 Å². The van der Waals surface area contributed by atoms with E-state index in [1.165, 1.54) is 4.90 Å². The van der Waals surface area contributed by atoms with Gasteiger partial charge in [-0.15, -0.1) is 0 Å². The number of nitrogens with zero attached hydrogens (tertiary/aromatic N) is 2. The van der Waals surface area contributed by atoms with Gasteiger partial charge in [-0.3, -0.25) is 4.79 Å². The Bertz CT molecular complexity index is 1400. The van der Waals surface area contributed by atoms with Crippen molar-refractivity contribution in [2.24, 2.45) is 0 Å². The summed E-state index contributed by atoms with van der Waals surface area (Å²) in [6.45, 7) is 0.431. The summed E-state index contributed by atoms with van der Waals surface area (Å²) in [4.78, 5) is 41.9. The van der Waals surface area contributed by atoms with Crippen LogP contribution in [0.4, 0.5) is 15.3 Å². The van der Waals surface area contributed by atoms with E-state index in [1.807, 2.05) is 97.1 Å². The number of urea groups is 1. The molecule has 0 spiro atoms. The summed E-state index contributed by atoms with van der Waals surface area (Å²) < 4.78 is 5.38. The largest absolute Gasteiger partial charge is 0.443 e. The first-order valence-electron chi connectivity index (χ1n) is 13.6. The molecule has 8 nitrogen and oxygen atoms in total. The summed E-state index contributed by atoms with van der Waals surface area (Å²) in [5.41, 5.74) is 5.74. The SMILES string of the molecule is O=C(NN(C(=O)N1CCC[C@H]1C(=O)NC(c1ccccc1)c1ccccc1)c1ccccc1)OCc1ccccc1. The van der Waals surface area contributed by atoms with Gasteiger partial charge in [0.15, 0.2) is 0 Å². The van der Waals surface area contributed by atoms with Gasteiger partial charge in [0.05, 0.1) is 11.7 Å². The molecular formula is C33H32N4O4. The van der Waals surface area contributed by atoms with Crippen LogP contribution in [-0.4, -0.2) is 35.5 Å². The van der Waals surface area contributed by atoms with Gasteiger partial charge >= 0.3 is 12.1 Å². The lowest BCUT2D eigenvalue weighted by Crippen LogP contribution is -2.56. The zero-order valence-electron chi connectivity index (χ0n) is 22.6. The smallest absolute Gasteiger partial charge is 0.426 e. The number of hydrogen-bond donors (Lipinski definition) is 2. The van der Waals surface area contributed by atoms with E-state index in [1.54, 1.807) is 24.3 Å². The summed E-state index contributed by atoms with van der Waals surface area (Å²) in [5.74, 6) is -0.256. The van der Waals surface area contributed by atoms with E-state index in [9.17, 15) is 14.4 Å². The Labute approximate surface area is 239 Å². The number of likely N-dealkylation sites (tertiary alicyclic amines) is 1. The first kappa shape index (κ1) is 27.5. The zero-order chi connectivity index (χ0) is 28.4. The highest BCUT2D eigenvalue weighted by Gasteiger charge is 2.38. The third-order valence-electron chi connectivity index (χ3n) is 6.98. The van der Waals surface area contributed by atoms with Crippen LogP contribution in [0.5, 0.6) is 0 Å². The first-order chi connectivity index (χ1) is 20.1. The molecule has 1 aliphatic heterocycles. The second kappa shape index (κ2) is 13.3. The number of para-hydroxylation sites is 1. The number of hydrazine groups is 1. The highest BCUT2D eigenvalue weighted by molar-refractivity contribution is 5.97. The van der Waals surface area contributed by atoms with E-state index in [-0.39, 0.29) is 18.6 Å². The van der Waals surface area contributed by atoms with E-state index in [4.69, 9.17) is 4.74 Å². The Kier molecular flexibility index (Phi) is 8.91. The number of amides is 4. The summed E-state index contributed by atoms with van der Waals surface area (Å²) in [6, 6.07) is 35.9. The lowest BCUT2D eigenvalue weighted by Gasteiger charge is -2.32. The highest BCUT2D eigenvalue weighted by Crippen LogP contribution is 2.26. The van der Waals surface area contributed by atoms with E-state index in [0.717, 1.165) is 21.7 Å². The number of hydrogen-bond acceptors (Lipinski definition) is 4. The molecule has 2 N–H and O–H groups in total. The lowest BCUT2D eigenvalue weighted by atomic mass is 9.98. The van der Waals surface area contributed by atoms with Crippen LogP contribution in [-0.2, 0) is 16.1 Å². The Balaban J connectivity index is 1.33. The van der Waals surface area contributed by atoms with Crippen LogP contribution in [0.15, 0.2) is 121 Å². The van der Waals surface area contributed by atoms with Crippen molar-refractivity contribution < 1.29 is 19.1 Å². The van der Waals surface area contributed by atoms with Crippen LogP contribution in [0.25, 0.3) is 0 Å². The molecule has 0 unspecified atom stereocenters. The van der Waals surface area contributed by atoms with Crippen molar-refractivity contribution in [3.05, 3.63) is 138 Å². The number of benzene rings is 4. The molecule has 1 saturated heterocycles. The monoisotopic (exact) mass is 548 g/mol. The van der Waals surface area contributed by atoms with Crippen molar-refractivity contribution in [3.63, 3.8) is 0 Å². The fourth-order valence-corrected chi connectivity index (χ4v) is 4.93. The molecule has 8 heteroatoms. The van der Waals surface area contributed by atoms with E-state index in [0.29, 0.717) is 25.1 Å². The number of ether oxygens (including phenoxy) is 1. The molecule has 5 rings (SSSR count). The topological polar surface area (TPSA) is 91.0 Å². The molecule has 1 heterocycles. The summed E-state index contributed by atoms with van der Waals surface area (Å²) in [5, 5.41) is 4.31. The summed E-state index contributed by atoms with van der Waals surface area (Å²) in [6.07, 6.45) is 0.390. The van der Waals surface area contributed by atoms with Gasteiger partial charge in [0.25, 0.3) is 0 Å². The van der Waals surface area contributed by atoms with Crippen molar-refractivity contribution in [2.75, 3.05) is 11.6 Å². The Morgan fingerprint density at radius 3 is 1.90 bits per heavy atom. The maximum absolute atomic E-state index is 13.9. The number of anilines is 1. The Hall–Kier alpha value is -5.11. The molecule has 208 valence electrons. The van der Waals surface area contributed by atoms with Crippen LogP contribution in [0.2, 0.25) is 0 Å². The van der Waals surface area contributed by atoms with E-state index >= 15 is 0 Å². The maximum atomic E-state index is 13.9. The molecule has 4 amide bonds. The number of carbonyl (C=O) groups excluding carboxylic acids is 3. The van der Waals surface area contributed by atoms with E-state index in [2.05, 4.69) is 10.7 Å². The number of carbonyl (C=O) groups is 3. The van der Waals surface area contributed by atoms with Gasteiger partial charge in [0.1, 0.15) is 12.6 Å². The molecule has 4 aromatic rings. The molecule has 4 aromatic carbocycles. The van der Waals surface area contributed by atoms with Gasteiger partial charge in [0, 0.05) is 6.54 Å².